The molecule has 0 aliphatic heterocycles. The Kier molecular flexibility index (Phi) is 4.82. The van der Waals surface area contributed by atoms with Crippen LogP contribution in [0.4, 0.5) is 18.9 Å². The molecule has 0 spiro atoms. The van der Waals surface area contributed by atoms with Crippen LogP contribution in [0.2, 0.25) is 0 Å². The minimum atomic E-state index is -4.87. The van der Waals surface area contributed by atoms with E-state index in [1.807, 2.05) is 0 Å². The van der Waals surface area contributed by atoms with Gasteiger partial charge in [0.05, 0.1) is 17.4 Å². The van der Waals surface area contributed by atoms with Crippen molar-refractivity contribution in [2.24, 2.45) is 4.99 Å². The third-order valence-electron chi connectivity index (χ3n) is 4.64. The lowest BCUT2D eigenvalue weighted by atomic mass is 9.75. The summed E-state index contributed by atoms with van der Waals surface area (Å²) in [5, 5.41) is 17.7. The van der Waals surface area contributed by atoms with Crippen molar-refractivity contribution in [3.63, 3.8) is 0 Å². The average molecular weight is 375 g/mol. The van der Waals surface area contributed by atoms with Crippen LogP contribution in [0.1, 0.15) is 25.8 Å². The van der Waals surface area contributed by atoms with Crippen molar-refractivity contribution < 1.29 is 18.3 Å². The van der Waals surface area contributed by atoms with Crippen LogP contribution in [0.5, 0.6) is 0 Å². The second-order valence-electron chi connectivity index (χ2n) is 7.22. The topological polar surface area (TPSA) is 61.3 Å². The molecule has 3 rings (SSSR count). The number of halogens is 3. The van der Waals surface area contributed by atoms with E-state index in [2.05, 4.69) is 15.2 Å². The summed E-state index contributed by atoms with van der Waals surface area (Å²) in [4.78, 5) is 3.97. The van der Waals surface area contributed by atoms with Crippen LogP contribution in [0, 0.1) is 0 Å². The van der Waals surface area contributed by atoms with Gasteiger partial charge in [-0.2, -0.15) is 18.3 Å². The van der Waals surface area contributed by atoms with Gasteiger partial charge in [0.15, 0.2) is 5.60 Å². The number of hydrogen-bond acceptors (Lipinski definition) is 3. The highest BCUT2D eigenvalue weighted by Crippen LogP contribution is 2.40. The van der Waals surface area contributed by atoms with E-state index in [0.717, 1.165) is 0 Å². The number of benzene rings is 2. The Balaban J connectivity index is 1.97. The van der Waals surface area contributed by atoms with Crippen molar-refractivity contribution in [1.29, 1.82) is 0 Å². The molecule has 0 aliphatic carbocycles. The van der Waals surface area contributed by atoms with Crippen LogP contribution in [-0.4, -0.2) is 33.3 Å². The first-order valence-electron chi connectivity index (χ1n) is 8.44. The number of fused-ring (bicyclic) bond motifs is 1. The number of aromatic nitrogens is 2. The first-order chi connectivity index (χ1) is 12.6. The van der Waals surface area contributed by atoms with Gasteiger partial charge in [0, 0.05) is 11.6 Å². The molecule has 0 saturated heterocycles. The monoisotopic (exact) mass is 375 g/mol. The van der Waals surface area contributed by atoms with E-state index in [0.29, 0.717) is 28.4 Å². The maximum Gasteiger partial charge on any atom is 0.422 e. The Bertz CT molecular complexity index is 948. The zero-order chi connectivity index (χ0) is 19.7. The zero-order valence-corrected chi connectivity index (χ0v) is 15.0. The van der Waals surface area contributed by atoms with E-state index in [1.54, 1.807) is 62.4 Å². The minimum absolute atomic E-state index is 0.307. The fourth-order valence-electron chi connectivity index (χ4n) is 3.13. The highest BCUT2D eigenvalue weighted by molar-refractivity contribution is 5.91. The number of alkyl halides is 3. The SMILES string of the molecule is CC(C)(CC(O)(C=Nc1cccc2[nH]ncc12)C(F)(F)F)c1ccccc1. The summed E-state index contributed by atoms with van der Waals surface area (Å²) in [5.74, 6) is 0. The van der Waals surface area contributed by atoms with Crippen molar-refractivity contribution in [2.45, 2.75) is 37.5 Å². The predicted molar refractivity (Wildman–Crippen MR) is 99.3 cm³/mol. The van der Waals surface area contributed by atoms with E-state index < -0.39 is 23.6 Å². The molecule has 0 saturated carbocycles. The van der Waals surface area contributed by atoms with Crippen LogP contribution in [0.15, 0.2) is 59.7 Å². The molecule has 0 aliphatic rings. The highest BCUT2D eigenvalue weighted by atomic mass is 19.4. The van der Waals surface area contributed by atoms with E-state index in [1.165, 1.54) is 6.20 Å². The van der Waals surface area contributed by atoms with Crippen molar-refractivity contribution >= 4 is 22.8 Å². The molecule has 142 valence electrons. The molecule has 3 aromatic rings. The van der Waals surface area contributed by atoms with E-state index in [9.17, 15) is 18.3 Å². The maximum atomic E-state index is 13.7. The minimum Gasteiger partial charge on any atom is -0.376 e. The Morgan fingerprint density at radius 1 is 1.07 bits per heavy atom. The van der Waals surface area contributed by atoms with Crippen molar-refractivity contribution in [3.8, 4) is 0 Å². The molecule has 4 nitrogen and oxygen atoms in total. The van der Waals surface area contributed by atoms with Gasteiger partial charge >= 0.3 is 6.18 Å². The highest BCUT2D eigenvalue weighted by Gasteiger charge is 2.55. The molecule has 1 atom stereocenters. The van der Waals surface area contributed by atoms with Crippen LogP contribution < -0.4 is 0 Å². The molecular formula is C20H20F3N3O. The molecular weight excluding hydrogens is 355 g/mol. The summed E-state index contributed by atoms with van der Waals surface area (Å²) in [6.45, 7) is 3.34. The molecule has 7 heteroatoms. The number of aliphatic imine (C=N–C) groups is 1. The number of rotatable bonds is 5. The Morgan fingerprint density at radius 2 is 1.78 bits per heavy atom. The van der Waals surface area contributed by atoms with Gasteiger partial charge in [-0.25, -0.2) is 0 Å². The quantitative estimate of drug-likeness (QED) is 0.622. The fourth-order valence-corrected chi connectivity index (χ4v) is 3.13. The summed E-state index contributed by atoms with van der Waals surface area (Å²) >= 11 is 0. The third kappa shape index (κ3) is 3.88. The van der Waals surface area contributed by atoms with Gasteiger partial charge < -0.3 is 5.11 Å². The largest absolute Gasteiger partial charge is 0.422 e. The first-order valence-corrected chi connectivity index (χ1v) is 8.44. The number of hydrogen-bond donors (Lipinski definition) is 2. The lowest BCUT2D eigenvalue weighted by Crippen LogP contribution is -2.50. The Morgan fingerprint density at radius 3 is 2.44 bits per heavy atom. The van der Waals surface area contributed by atoms with Gasteiger partial charge in [-0.1, -0.05) is 50.2 Å². The van der Waals surface area contributed by atoms with Crippen molar-refractivity contribution in [2.75, 3.05) is 0 Å². The van der Waals surface area contributed by atoms with E-state index >= 15 is 0 Å². The van der Waals surface area contributed by atoms with Crippen molar-refractivity contribution in [3.05, 3.63) is 60.3 Å². The fraction of sp³-hybridized carbons (Fsp3) is 0.300. The maximum absolute atomic E-state index is 13.7. The third-order valence-corrected chi connectivity index (χ3v) is 4.64. The van der Waals surface area contributed by atoms with Gasteiger partial charge in [0.2, 0.25) is 0 Å². The van der Waals surface area contributed by atoms with Gasteiger partial charge in [-0.3, -0.25) is 10.1 Å². The Hall–Kier alpha value is -2.67. The molecule has 0 bridgehead atoms. The van der Waals surface area contributed by atoms with Crippen LogP contribution >= 0.6 is 0 Å². The van der Waals surface area contributed by atoms with Crippen molar-refractivity contribution in [1.82, 2.24) is 10.2 Å². The molecule has 0 radical (unpaired) electrons. The van der Waals surface area contributed by atoms with Crippen LogP contribution in [0.3, 0.4) is 0 Å². The lowest BCUT2D eigenvalue weighted by Gasteiger charge is -2.35. The molecule has 1 aromatic heterocycles. The second kappa shape index (κ2) is 6.81. The summed E-state index contributed by atoms with van der Waals surface area (Å²) in [7, 11) is 0. The molecule has 1 heterocycles. The lowest BCUT2D eigenvalue weighted by molar-refractivity contribution is -0.234. The number of nitrogens with zero attached hydrogens (tertiary/aromatic N) is 2. The molecule has 0 fully saturated rings. The second-order valence-corrected chi connectivity index (χ2v) is 7.22. The summed E-state index contributed by atoms with van der Waals surface area (Å²) < 4.78 is 41.2. The van der Waals surface area contributed by atoms with Gasteiger partial charge in [0.1, 0.15) is 0 Å². The molecule has 2 N–H and O–H groups in total. The molecule has 2 aromatic carbocycles. The van der Waals surface area contributed by atoms with Gasteiger partial charge in [0.25, 0.3) is 0 Å². The smallest absolute Gasteiger partial charge is 0.376 e. The number of nitrogens with one attached hydrogen (secondary N) is 1. The summed E-state index contributed by atoms with van der Waals surface area (Å²) in [6, 6.07) is 13.8. The zero-order valence-electron chi connectivity index (χ0n) is 15.0. The number of aromatic amines is 1. The average Bonchev–Trinajstić information content (AvgIpc) is 3.09. The predicted octanol–water partition coefficient (Wildman–Crippen LogP) is 4.93. The molecule has 27 heavy (non-hydrogen) atoms. The van der Waals surface area contributed by atoms with Crippen LogP contribution in [0.25, 0.3) is 10.9 Å². The van der Waals surface area contributed by atoms with E-state index in [-0.39, 0.29) is 0 Å². The van der Waals surface area contributed by atoms with Gasteiger partial charge in [-0.15, -0.1) is 0 Å². The Labute approximate surface area is 154 Å². The molecule has 0 amide bonds. The summed E-state index contributed by atoms with van der Waals surface area (Å²) in [5.41, 5.74) is -2.32. The summed E-state index contributed by atoms with van der Waals surface area (Å²) in [6.07, 6.45) is -3.34. The van der Waals surface area contributed by atoms with Gasteiger partial charge in [-0.05, 0) is 29.5 Å². The first kappa shape index (κ1) is 19.1. The van der Waals surface area contributed by atoms with Crippen LogP contribution in [-0.2, 0) is 5.41 Å². The number of aliphatic hydroxyl groups is 1. The van der Waals surface area contributed by atoms with E-state index in [4.69, 9.17) is 0 Å². The normalized spacial score (nSPS) is 15.3. The standard InChI is InChI=1S/C20H20F3N3O/c1-18(2,14-7-4-3-5-8-14)12-19(27,20(21,22)23)13-24-16-9-6-10-17-15(16)11-25-26-17/h3-11,13,27H,12H2,1-2H3,(H,25,26). The molecule has 1 unspecified atom stereocenters. The number of H-pyrrole nitrogens is 1.